The summed E-state index contributed by atoms with van der Waals surface area (Å²) < 4.78 is 0. The molecular weight excluding hydrogens is 546 g/mol. The number of fused-ring (bicyclic) bond motifs is 20. The van der Waals surface area contributed by atoms with Crippen LogP contribution < -0.4 is 5.73 Å². The van der Waals surface area contributed by atoms with Crippen LogP contribution in [0.4, 0.5) is 5.69 Å². The van der Waals surface area contributed by atoms with Gasteiger partial charge in [0.05, 0.1) is 10.7 Å². The lowest BCUT2D eigenvalue weighted by atomic mass is 10.1. The van der Waals surface area contributed by atoms with Crippen LogP contribution in [0.15, 0.2) is 84.9 Å². The van der Waals surface area contributed by atoms with E-state index in [1.807, 2.05) is 78.9 Å². The monoisotopic (exact) mass is 563 g/mol. The minimum atomic E-state index is 0.392. The Labute approximate surface area is 242 Å². The molecule has 2 aliphatic heterocycles. The van der Waals surface area contributed by atoms with E-state index in [4.69, 9.17) is 47.2 Å². The maximum absolute atomic E-state index is 6.78. The number of hydrogen-bond donors (Lipinski definition) is 3. The van der Waals surface area contributed by atoms with Crippen LogP contribution in [0.3, 0.4) is 0 Å². The Hall–Kier alpha value is -5.67. The van der Waals surface area contributed by atoms with E-state index in [9.17, 15) is 0 Å². The third kappa shape index (κ3) is 3.25. The Bertz CT molecular complexity index is 2450. The summed E-state index contributed by atoms with van der Waals surface area (Å²) in [6.45, 7) is 0. The van der Waals surface area contributed by atoms with E-state index in [1.165, 1.54) is 0 Å². The second-order valence-electron chi connectivity index (χ2n) is 10.1. The lowest BCUT2D eigenvalue weighted by molar-refractivity contribution is 1.19. The number of nitrogens with one attached hydrogen (secondary N) is 2. The first-order valence-corrected chi connectivity index (χ1v) is 13.7. The van der Waals surface area contributed by atoms with Crippen LogP contribution >= 0.6 is 11.6 Å². The van der Waals surface area contributed by atoms with Crippen LogP contribution in [0.25, 0.3) is 89.7 Å². The molecule has 4 N–H and O–H groups in total. The van der Waals surface area contributed by atoms with Crippen molar-refractivity contribution in [2.75, 3.05) is 5.73 Å². The lowest BCUT2D eigenvalue weighted by Crippen LogP contribution is -1.86. The van der Waals surface area contributed by atoms with Crippen LogP contribution in [0.5, 0.6) is 0 Å². The molecule has 42 heavy (non-hydrogen) atoms. The molecule has 5 heterocycles. The fraction of sp³-hybridized carbons (Fsp3) is 0. The summed E-state index contributed by atoms with van der Waals surface area (Å²) in [5.41, 5.74) is 12.5. The fourth-order valence-corrected chi connectivity index (χ4v) is 5.96. The van der Waals surface area contributed by atoms with Gasteiger partial charge in [-0.15, -0.1) is 0 Å². The first kappa shape index (κ1) is 23.1. The molecule has 0 aliphatic carbocycles. The van der Waals surface area contributed by atoms with Gasteiger partial charge in [0.25, 0.3) is 0 Å². The van der Waals surface area contributed by atoms with Crippen LogP contribution in [0.1, 0.15) is 0 Å². The summed E-state index contributed by atoms with van der Waals surface area (Å²) in [7, 11) is 0. The summed E-state index contributed by atoms with van der Waals surface area (Å²) in [5.74, 6) is 2.13. The second kappa shape index (κ2) is 8.42. The number of nitrogens with two attached hydrogens (primary N) is 1. The lowest BCUT2D eigenvalue weighted by Gasteiger charge is -1.99. The number of anilines is 1. The molecule has 0 unspecified atom stereocenters. The molecule has 7 aromatic rings. The van der Waals surface area contributed by atoms with Gasteiger partial charge in [-0.3, -0.25) is 0 Å². The van der Waals surface area contributed by atoms with Gasteiger partial charge in [-0.25, -0.2) is 29.9 Å². The minimum Gasteiger partial charge on any atom is -0.398 e. The maximum atomic E-state index is 6.78. The van der Waals surface area contributed by atoms with Gasteiger partial charge in [-0.2, -0.15) is 0 Å². The van der Waals surface area contributed by atoms with Gasteiger partial charge in [0.2, 0.25) is 0 Å². The number of H-pyrrole nitrogens is 2. The van der Waals surface area contributed by atoms with Gasteiger partial charge in [0.15, 0.2) is 23.3 Å². The van der Waals surface area contributed by atoms with Gasteiger partial charge in [0, 0.05) is 43.8 Å². The summed E-state index contributed by atoms with van der Waals surface area (Å²) in [4.78, 5) is 36.5. The van der Waals surface area contributed by atoms with Gasteiger partial charge in [-0.05, 0) is 12.1 Å². The number of nitrogens with zero attached hydrogens (tertiary/aromatic N) is 6. The predicted molar refractivity (Wildman–Crippen MR) is 165 cm³/mol. The van der Waals surface area contributed by atoms with Crippen molar-refractivity contribution < 1.29 is 0 Å². The zero-order valence-corrected chi connectivity index (χ0v) is 22.5. The highest BCUT2D eigenvalue weighted by Gasteiger charge is 2.22. The molecule has 10 heteroatoms. The Kier molecular flexibility index (Phi) is 4.63. The third-order valence-electron chi connectivity index (χ3n) is 7.69. The minimum absolute atomic E-state index is 0.392. The quantitative estimate of drug-likeness (QED) is 0.167. The van der Waals surface area contributed by atoms with Gasteiger partial charge < -0.3 is 15.7 Å². The van der Waals surface area contributed by atoms with Gasteiger partial charge in [0.1, 0.15) is 22.6 Å². The number of hydrogen-bond acceptors (Lipinski definition) is 7. The predicted octanol–water partition coefficient (Wildman–Crippen LogP) is 7.10. The number of rotatable bonds is 0. The molecule has 0 fully saturated rings. The zero-order chi connectivity index (χ0) is 27.9. The van der Waals surface area contributed by atoms with E-state index < -0.39 is 0 Å². The van der Waals surface area contributed by atoms with Crippen LogP contribution in [0.2, 0.25) is 5.02 Å². The van der Waals surface area contributed by atoms with Crippen LogP contribution in [0, 0.1) is 0 Å². The molecule has 0 saturated carbocycles. The third-order valence-corrected chi connectivity index (χ3v) is 8.09. The number of aromatic nitrogens is 8. The van der Waals surface area contributed by atoms with E-state index >= 15 is 0 Å². The summed E-state index contributed by atoms with van der Waals surface area (Å²) in [5, 5.41) is 3.67. The number of aromatic amines is 2. The molecule has 0 radical (unpaired) electrons. The highest BCUT2D eigenvalue weighted by Crippen LogP contribution is 2.38. The Balaban J connectivity index is 1.52. The molecule has 3 aromatic heterocycles. The van der Waals surface area contributed by atoms with E-state index in [1.54, 1.807) is 6.07 Å². The molecule has 8 bridgehead atoms. The van der Waals surface area contributed by atoms with Crippen molar-refractivity contribution in [3.05, 3.63) is 90.0 Å². The first-order valence-electron chi connectivity index (χ1n) is 13.3. The Morgan fingerprint density at radius 1 is 0.452 bits per heavy atom. The normalized spacial score (nSPS) is 12.0. The summed E-state index contributed by atoms with van der Waals surface area (Å²) in [6, 6.07) is 27.5. The smallest absolute Gasteiger partial charge is 0.164 e. The average Bonchev–Trinajstić information content (AvgIpc) is 3.74. The number of nitrogen functional groups attached to an aromatic ring is 1. The van der Waals surface area contributed by atoms with Crippen molar-refractivity contribution in [1.29, 1.82) is 0 Å². The fourth-order valence-electron chi connectivity index (χ4n) is 5.71. The van der Waals surface area contributed by atoms with Crippen molar-refractivity contribution in [3.63, 3.8) is 0 Å². The van der Waals surface area contributed by atoms with Gasteiger partial charge >= 0.3 is 0 Å². The molecule has 198 valence electrons. The molecule has 9 nitrogen and oxygen atoms in total. The largest absolute Gasteiger partial charge is 0.398 e. The second-order valence-corrected chi connectivity index (χ2v) is 10.5. The molecule has 4 aromatic carbocycles. The van der Waals surface area contributed by atoms with E-state index in [0.717, 1.165) is 38.4 Å². The van der Waals surface area contributed by atoms with Crippen LogP contribution in [-0.4, -0.2) is 39.9 Å². The molecule has 0 spiro atoms. The van der Waals surface area contributed by atoms with Crippen molar-refractivity contribution in [2.45, 2.75) is 0 Å². The molecule has 0 amide bonds. The molecule has 0 saturated heterocycles. The topological polar surface area (TPSA) is 135 Å². The van der Waals surface area contributed by atoms with E-state index in [2.05, 4.69) is 9.97 Å². The highest BCUT2D eigenvalue weighted by atomic mass is 35.5. The maximum Gasteiger partial charge on any atom is 0.164 e. The van der Waals surface area contributed by atoms with Crippen molar-refractivity contribution in [1.82, 2.24) is 39.9 Å². The average molecular weight is 564 g/mol. The Morgan fingerprint density at radius 3 is 1.36 bits per heavy atom. The van der Waals surface area contributed by atoms with Crippen molar-refractivity contribution in [3.8, 4) is 45.6 Å². The number of halogens is 1. The molecular formula is C32H18ClN9. The standard InChI is InChI=1S/C32H18ClN9/c33-24-22(34)14-13-21-23(24)32-41-30-20-12-6-5-11-19(20)28(39-30)37-26-16-8-2-1-7-15(16)25(35-26)36-27-17-9-3-4-10-18(17)29(38-27)40-31(21)42-32/h1-14H,34H2,(H2,35,36,37,38,39,40,41,42). The first-order chi connectivity index (χ1) is 20.6. The Morgan fingerprint density at radius 2 is 0.857 bits per heavy atom. The van der Waals surface area contributed by atoms with Crippen LogP contribution in [-0.2, 0) is 0 Å². The van der Waals surface area contributed by atoms with Crippen molar-refractivity contribution >= 4 is 61.4 Å². The van der Waals surface area contributed by atoms with E-state index in [-0.39, 0.29) is 0 Å². The van der Waals surface area contributed by atoms with Gasteiger partial charge in [-0.1, -0.05) is 84.4 Å². The molecule has 2 aliphatic rings. The SMILES string of the molecule is Nc1ccc2c3nc4nc(nc5[nH]c(nc6nc(nc([nH]3)c2c1Cl)-c1ccccc1-6)c1ccccc51)-c1ccccc1-4. The van der Waals surface area contributed by atoms with E-state index in [0.29, 0.717) is 62.0 Å². The molecule has 0 atom stereocenters. The highest BCUT2D eigenvalue weighted by molar-refractivity contribution is 6.40. The van der Waals surface area contributed by atoms with Crippen molar-refractivity contribution in [2.24, 2.45) is 0 Å². The number of benzene rings is 4. The summed E-state index contributed by atoms with van der Waals surface area (Å²) in [6.07, 6.45) is 0. The zero-order valence-electron chi connectivity index (χ0n) is 21.7. The summed E-state index contributed by atoms with van der Waals surface area (Å²) >= 11 is 6.78. The molecule has 9 rings (SSSR count).